The van der Waals surface area contributed by atoms with Gasteiger partial charge in [-0.1, -0.05) is 6.07 Å². The second-order valence-electron chi connectivity index (χ2n) is 4.38. The molecule has 1 heterocycles. The Kier molecular flexibility index (Phi) is 3.83. The molecule has 0 saturated carbocycles. The minimum atomic E-state index is 0.0222. The zero-order valence-corrected chi connectivity index (χ0v) is 10.1. The van der Waals surface area contributed by atoms with Crippen LogP contribution in [0.2, 0.25) is 0 Å². The van der Waals surface area contributed by atoms with Crippen LogP contribution < -0.4 is 20.9 Å². The average Bonchev–Trinajstić information content (AvgIpc) is 2.75. The predicted octanol–water partition coefficient (Wildman–Crippen LogP) is 0.133. The van der Waals surface area contributed by atoms with Gasteiger partial charge in [0, 0.05) is 25.7 Å². The summed E-state index contributed by atoms with van der Waals surface area (Å²) in [5.41, 5.74) is 12.5. The van der Waals surface area contributed by atoms with Crippen molar-refractivity contribution in [2.75, 3.05) is 26.9 Å². The monoisotopic (exact) mass is 237 g/mol. The van der Waals surface area contributed by atoms with Gasteiger partial charge in [0.15, 0.2) is 11.5 Å². The molecule has 0 aliphatic carbocycles. The number of ether oxygens (including phenoxy) is 2. The molecule has 17 heavy (non-hydrogen) atoms. The summed E-state index contributed by atoms with van der Waals surface area (Å²) >= 11 is 0. The number of benzene rings is 1. The fourth-order valence-electron chi connectivity index (χ4n) is 1.89. The lowest BCUT2D eigenvalue weighted by molar-refractivity contribution is 0.174. The van der Waals surface area contributed by atoms with Crippen molar-refractivity contribution >= 4 is 0 Å². The zero-order valence-electron chi connectivity index (χ0n) is 10.1. The molecule has 1 atom stereocenters. The fourth-order valence-corrected chi connectivity index (χ4v) is 1.89. The van der Waals surface area contributed by atoms with Crippen molar-refractivity contribution in [2.45, 2.75) is 12.6 Å². The molecule has 1 aromatic carbocycles. The summed E-state index contributed by atoms with van der Waals surface area (Å²) in [7, 11) is 2.03. The average molecular weight is 237 g/mol. The summed E-state index contributed by atoms with van der Waals surface area (Å²) < 4.78 is 10.6. The van der Waals surface area contributed by atoms with E-state index in [2.05, 4.69) is 4.90 Å². The van der Waals surface area contributed by atoms with E-state index in [1.807, 2.05) is 25.2 Å². The van der Waals surface area contributed by atoms with E-state index in [1.54, 1.807) is 0 Å². The van der Waals surface area contributed by atoms with Crippen molar-refractivity contribution in [3.63, 3.8) is 0 Å². The van der Waals surface area contributed by atoms with Crippen molar-refractivity contribution in [2.24, 2.45) is 11.5 Å². The van der Waals surface area contributed by atoms with Crippen LogP contribution in [0.5, 0.6) is 11.5 Å². The number of hydrogen-bond acceptors (Lipinski definition) is 5. The van der Waals surface area contributed by atoms with Crippen LogP contribution >= 0.6 is 0 Å². The number of likely N-dealkylation sites (N-methyl/N-ethyl adjacent to an activating group) is 1. The van der Waals surface area contributed by atoms with Crippen LogP contribution in [0, 0.1) is 0 Å². The van der Waals surface area contributed by atoms with E-state index in [1.165, 1.54) is 5.56 Å². The summed E-state index contributed by atoms with van der Waals surface area (Å²) in [5.74, 6) is 1.63. The Bertz CT molecular complexity index is 384. The topological polar surface area (TPSA) is 73.7 Å². The lowest BCUT2D eigenvalue weighted by Crippen LogP contribution is -2.40. The van der Waals surface area contributed by atoms with Gasteiger partial charge >= 0.3 is 0 Å². The minimum absolute atomic E-state index is 0.0222. The molecule has 2 rings (SSSR count). The van der Waals surface area contributed by atoms with E-state index in [9.17, 15) is 0 Å². The van der Waals surface area contributed by atoms with Crippen LogP contribution in [-0.2, 0) is 6.54 Å². The maximum atomic E-state index is 5.81. The molecule has 0 bridgehead atoms. The largest absolute Gasteiger partial charge is 0.454 e. The highest BCUT2D eigenvalue weighted by atomic mass is 16.7. The number of nitrogens with two attached hydrogens (primary N) is 2. The number of hydrogen-bond donors (Lipinski definition) is 2. The molecule has 0 radical (unpaired) electrons. The molecule has 94 valence electrons. The molecule has 0 fully saturated rings. The standard InChI is InChI=1S/C12H19N3O2/c1-15(7-10(14)5-13)6-9-2-3-11-12(4-9)17-8-16-11/h2-4,10H,5-8,13-14H2,1H3. The smallest absolute Gasteiger partial charge is 0.231 e. The number of rotatable bonds is 5. The third-order valence-electron chi connectivity index (χ3n) is 2.74. The first-order valence-electron chi connectivity index (χ1n) is 5.71. The van der Waals surface area contributed by atoms with E-state index in [0.717, 1.165) is 24.6 Å². The summed E-state index contributed by atoms with van der Waals surface area (Å²) in [6.45, 7) is 2.42. The van der Waals surface area contributed by atoms with Gasteiger partial charge in [-0.3, -0.25) is 0 Å². The van der Waals surface area contributed by atoms with Crippen LogP contribution in [0.25, 0.3) is 0 Å². The predicted molar refractivity (Wildman–Crippen MR) is 65.9 cm³/mol. The van der Waals surface area contributed by atoms with Crippen molar-refractivity contribution in [1.82, 2.24) is 4.90 Å². The first kappa shape index (κ1) is 12.2. The first-order chi connectivity index (χ1) is 8.19. The molecule has 1 unspecified atom stereocenters. The molecule has 5 heteroatoms. The highest BCUT2D eigenvalue weighted by Crippen LogP contribution is 2.32. The SMILES string of the molecule is CN(Cc1ccc2c(c1)OCO2)CC(N)CN. The van der Waals surface area contributed by atoms with E-state index in [-0.39, 0.29) is 6.04 Å². The zero-order chi connectivity index (χ0) is 12.3. The van der Waals surface area contributed by atoms with Gasteiger partial charge in [0.25, 0.3) is 0 Å². The lowest BCUT2D eigenvalue weighted by atomic mass is 10.2. The van der Waals surface area contributed by atoms with Crippen molar-refractivity contribution in [1.29, 1.82) is 0 Å². The maximum Gasteiger partial charge on any atom is 0.231 e. The van der Waals surface area contributed by atoms with Crippen molar-refractivity contribution in [3.05, 3.63) is 23.8 Å². The van der Waals surface area contributed by atoms with E-state index < -0.39 is 0 Å². The third kappa shape index (κ3) is 3.09. The molecule has 4 N–H and O–H groups in total. The molecule has 1 aromatic rings. The van der Waals surface area contributed by atoms with Gasteiger partial charge in [-0.2, -0.15) is 0 Å². The Morgan fingerprint density at radius 1 is 1.35 bits per heavy atom. The molecule has 1 aliphatic heterocycles. The van der Waals surface area contributed by atoms with Gasteiger partial charge in [-0.15, -0.1) is 0 Å². The Morgan fingerprint density at radius 3 is 2.88 bits per heavy atom. The second-order valence-corrected chi connectivity index (χ2v) is 4.38. The van der Waals surface area contributed by atoms with Crippen LogP contribution in [0.3, 0.4) is 0 Å². The molecule has 5 nitrogen and oxygen atoms in total. The van der Waals surface area contributed by atoms with Gasteiger partial charge in [0.05, 0.1) is 0 Å². The van der Waals surface area contributed by atoms with Crippen LogP contribution in [0.4, 0.5) is 0 Å². The summed E-state index contributed by atoms with van der Waals surface area (Å²) in [5, 5.41) is 0. The minimum Gasteiger partial charge on any atom is -0.454 e. The molecule has 0 spiro atoms. The van der Waals surface area contributed by atoms with Gasteiger partial charge in [-0.25, -0.2) is 0 Å². The van der Waals surface area contributed by atoms with Gasteiger partial charge in [0.2, 0.25) is 6.79 Å². The maximum absolute atomic E-state index is 5.81. The highest BCUT2D eigenvalue weighted by Gasteiger charge is 2.14. The highest BCUT2D eigenvalue weighted by molar-refractivity contribution is 5.44. The van der Waals surface area contributed by atoms with Gasteiger partial charge in [-0.05, 0) is 24.7 Å². The molecule has 0 amide bonds. The number of nitrogens with zero attached hydrogens (tertiary/aromatic N) is 1. The Labute approximate surface area is 101 Å². The second kappa shape index (κ2) is 5.35. The van der Waals surface area contributed by atoms with Crippen LogP contribution in [0.15, 0.2) is 18.2 Å². The fraction of sp³-hybridized carbons (Fsp3) is 0.500. The Hall–Kier alpha value is -1.30. The summed E-state index contributed by atoms with van der Waals surface area (Å²) in [4.78, 5) is 2.15. The van der Waals surface area contributed by atoms with Gasteiger partial charge in [0.1, 0.15) is 0 Å². The molecule has 0 aromatic heterocycles. The Balaban J connectivity index is 1.94. The third-order valence-corrected chi connectivity index (χ3v) is 2.74. The summed E-state index contributed by atoms with van der Waals surface area (Å²) in [6, 6.07) is 6.01. The molecular weight excluding hydrogens is 218 g/mol. The van der Waals surface area contributed by atoms with Gasteiger partial charge < -0.3 is 25.8 Å². The van der Waals surface area contributed by atoms with Crippen molar-refractivity contribution in [3.8, 4) is 11.5 Å². The number of fused-ring (bicyclic) bond motifs is 1. The first-order valence-corrected chi connectivity index (χ1v) is 5.71. The van der Waals surface area contributed by atoms with Crippen molar-refractivity contribution < 1.29 is 9.47 Å². The summed E-state index contributed by atoms with van der Waals surface area (Å²) in [6.07, 6.45) is 0. The quantitative estimate of drug-likeness (QED) is 0.761. The van der Waals surface area contributed by atoms with Crippen LogP contribution in [-0.4, -0.2) is 37.9 Å². The Morgan fingerprint density at radius 2 is 2.12 bits per heavy atom. The normalized spacial score (nSPS) is 15.3. The van der Waals surface area contributed by atoms with E-state index in [0.29, 0.717) is 13.3 Å². The lowest BCUT2D eigenvalue weighted by Gasteiger charge is -2.20. The van der Waals surface area contributed by atoms with E-state index in [4.69, 9.17) is 20.9 Å². The molecule has 1 aliphatic rings. The van der Waals surface area contributed by atoms with E-state index >= 15 is 0 Å². The van der Waals surface area contributed by atoms with Crippen LogP contribution in [0.1, 0.15) is 5.56 Å². The molecule has 0 saturated heterocycles. The molecular formula is C12H19N3O2.